The fourth-order valence-corrected chi connectivity index (χ4v) is 2.56. The van der Waals surface area contributed by atoms with E-state index in [1.807, 2.05) is 0 Å². The highest BCUT2D eigenvalue weighted by Crippen LogP contribution is 2.34. The molecular weight excluding hydrogens is 327 g/mol. The number of aromatic nitrogens is 1. The van der Waals surface area contributed by atoms with Gasteiger partial charge in [0.15, 0.2) is 5.13 Å². The number of amides is 1. The van der Waals surface area contributed by atoms with E-state index in [1.165, 1.54) is 0 Å². The van der Waals surface area contributed by atoms with Gasteiger partial charge in [-0.25, -0.2) is 4.98 Å². The number of nitrogen functional groups attached to an aromatic ring is 1. The lowest BCUT2D eigenvalue weighted by Crippen LogP contribution is -2.12. The number of hydrogen-bond donors (Lipinski definition) is 2. The summed E-state index contributed by atoms with van der Waals surface area (Å²) < 4.78 is 37.5. The smallest absolute Gasteiger partial charge is 0.375 e. The minimum absolute atomic E-state index is 0.0843. The highest BCUT2D eigenvalue weighted by atomic mass is 35.5. The van der Waals surface area contributed by atoms with Crippen LogP contribution in [0.2, 0.25) is 5.02 Å². The molecule has 0 saturated heterocycles. The van der Waals surface area contributed by atoms with Gasteiger partial charge in [0, 0.05) is 0 Å². The summed E-state index contributed by atoms with van der Waals surface area (Å²) in [6.07, 6.45) is -4.49. The van der Waals surface area contributed by atoms with E-state index in [0.29, 0.717) is 5.69 Å². The zero-order valence-electron chi connectivity index (χ0n) is 10.6. The Balaban J connectivity index is 2.24. The maximum absolute atomic E-state index is 12.5. The average Bonchev–Trinajstić information content (AvgIpc) is 2.69. The lowest BCUT2D eigenvalue weighted by Gasteiger charge is -2.10. The first-order valence-electron chi connectivity index (χ1n) is 5.59. The number of thiazole rings is 1. The summed E-state index contributed by atoms with van der Waals surface area (Å²) in [5, 5.41) is 2.47. The van der Waals surface area contributed by atoms with Crippen molar-refractivity contribution in [2.45, 2.75) is 13.1 Å². The van der Waals surface area contributed by atoms with Gasteiger partial charge in [0.1, 0.15) is 4.88 Å². The molecule has 1 aromatic carbocycles. The molecule has 1 amide bonds. The summed E-state index contributed by atoms with van der Waals surface area (Å²) in [6, 6.07) is 2.70. The van der Waals surface area contributed by atoms with Gasteiger partial charge in [-0.05, 0) is 25.1 Å². The molecular formula is C12H9ClF3N3OS. The Morgan fingerprint density at radius 1 is 1.43 bits per heavy atom. The van der Waals surface area contributed by atoms with Crippen LogP contribution in [0.5, 0.6) is 0 Å². The molecule has 2 rings (SSSR count). The van der Waals surface area contributed by atoms with E-state index in [2.05, 4.69) is 10.3 Å². The van der Waals surface area contributed by atoms with Crippen molar-refractivity contribution in [2.24, 2.45) is 0 Å². The summed E-state index contributed by atoms with van der Waals surface area (Å²) in [4.78, 5) is 16.2. The van der Waals surface area contributed by atoms with Crippen molar-refractivity contribution in [3.8, 4) is 0 Å². The number of carbonyl (C=O) groups is 1. The Hall–Kier alpha value is -1.80. The molecule has 112 valence electrons. The minimum Gasteiger partial charge on any atom is -0.375 e. The molecule has 0 aliphatic heterocycles. The van der Waals surface area contributed by atoms with Gasteiger partial charge in [-0.3, -0.25) is 4.79 Å². The highest BCUT2D eigenvalue weighted by Gasteiger charge is 2.31. The molecule has 0 fully saturated rings. The van der Waals surface area contributed by atoms with Crippen molar-refractivity contribution in [3.63, 3.8) is 0 Å². The highest BCUT2D eigenvalue weighted by molar-refractivity contribution is 7.17. The second-order valence-electron chi connectivity index (χ2n) is 4.11. The number of halogens is 4. The summed E-state index contributed by atoms with van der Waals surface area (Å²) in [5.74, 6) is -0.525. The molecule has 1 heterocycles. The number of alkyl halides is 3. The van der Waals surface area contributed by atoms with Crippen LogP contribution in [0.1, 0.15) is 20.9 Å². The fourth-order valence-electron chi connectivity index (χ4n) is 1.60. The van der Waals surface area contributed by atoms with Crippen molar-refractivity contribution < 1.29 is 18.0 Å². The second-order valence-corrected chi connectivity index (χ2v) is 5.55. The van der Waals surface area contributed by atoms with Crippen LogP contribution in [-0.2, 0) is 6.18 Å². The van der Waals surface area contributed by atoms with Gasteiger partial charge in [0.25, 0.3) is 5.91 Å². The van der Waals surface area contributed by atoms with Gasteiger partial charge in [-0.15, -0.1) is 0 Å². The van der Waals surface area contributed by atoms with E-state index in [4.69, 9.17) is 17.3 Å². The molecule has 0 aliphatic rings. The molecule has 0 bridgehead atoms. The first kappa shape index (κ1) is 15.6. The van der Waals surface area contributed by atoms with Gasteiger partial charge in [0.2, 0.25) is 0 Å². The molecule has 0 unspecified atom stereocenters. The van der Waals surface area contributed by atoms with Crippen LogP contribution < -0.4 is 11.1 Å². The van der Waals surface area contributed by atoms with Crippen LogP contribution in [0.25, 0.3) is 0 Å². The number of nitrogens with one attached hydrogen (secondary N) is 1. The number of aryl methyl sites for hydroxylation is 1. The van der Waals surface area contributed by atoms with Crippen LogP contribution in [0.4, 0.5) is 24.0 Å². The molecule has 3 N–H and O–H groups in total. The Labute approximate surface area is 126 Å². The van der Waals surface area contributed by atoms with Gasteiger partial charge in [-0.1, -0.05) is 22.9 Å². The Morgan fingerprint density at radius 3 is 2.57 bits per heavy atom. The van der Waals surface area contributed by atoms with Crippen molar-refractivity contribution in [1.29, 1.82) is 0 Å². The van der Waals surface area contributed by atoms with E-state index >= 15 is 0 Å². The molecule has 1 aromatic heterocycles. The zero-order chi connectivity index (χ0) is 15.8. The topological polar surface area (TPSA) is 68.0 Å². The van der Waals surface area contributed by atoms with Crippen LogP contribution >= 0.6 is 22.9 Å². The molecule has 9 heteroatoms. The van der Waals surface area contributed by atoms with Gasteiger partial charge in [0.05, 0.1) is 22.0 Å². The third-order valence-corrected chi connectivity index (χ3v) is 3.86. The first-order valence-corrected chi connectivity index (χ1v) is 6.79. The normalized spacial score (nSPS) is 11.5. The van der Waals surface area contributed by atoms with E-state index < -0.39 is 17.6 Å². The summed E-state index contributed by atoms with van der Waals surface area (Å²) in [6.45, 7) is 1.61. The number of nitrogens with zero attached hydrogens (tertiary/aromatic N) is 1. The fraction of sp³-hybridized carbons (Fsp3) is 0.167. The van der Waals surface area contributed by atoms with Crippen LogP contribution in [0.3, 0.4) is 0 Å². The number of carbonyl (C=O) groups excluding carboxylic acids is 1. The Bertz CT molecular complexity index is 700. The minimum atomic E-state index is -4.49. The summed E-state index contributed by atoms with van der Waals surface area (Å²) in [5.41, 5.74) is 5.13. The average molecular weight is 336 g/mol. The second kappa shape index (κ2) is 5.53. The lowest BCUT2D eigenvalue weighted by molar-refractivity contribution is -0.137. The lowest BCUT2D eigenvalue weighted by atomic mass is 10.2. The number of nitrogens with two attached hydrogens (primary N) is 1. The van der Waals surface area contributed by atoms with Crippen molar-refractivity contribution in [1.82, 2.24) is 4.98 Å². The maximum atomic E-state index is 12.5. The Kier molecular flexibility index (Phi) is 4.11. The van der Waals surface area contributed by atoms with E-state index in [9.17, 15) is 18.0 Å². The zero-order valence-corrected chi connectivity index (χ0v) is 12.2. The predicted octanol–water partition coefficient (Wildman–Crippen LogP) is 3.96. The van der Waals surface area contributed by atoms with Crippen molar-refractivity contribution in [3.05, 3.63) is 39.4 Å². The van der Waals surface area contributed by atoms with Gasteiger partial charge in [-0.2, -0.15) is 13.2 Å². The standard InChI is InChI=1S/C12H9ClF3N3OS/c1-5-9(21-11(17)18-5)10(20)19-8-3-2-6(4-7(8)13)12(14,15)16/h2-4H,1H3,(H2,17,18)(H,19,20). The van der Waals surface area contributed by atoms with Crippen LogP contribution in [0, 0.1) is 6.92 Å². The predicted molar refractivity (Wildman–Crippen MR) is 75.7 cm³/mol. The number of benzene rings is 1. The number of hydrogen-bond acceptors (Lipinski definition) is 4. The molecule has 2 aromatic rings. The molecule has 0 aliphatic carbocycles. The number of rotatable bonds is 2. The van der Waals surface area contributed by atoms with E-state index in [0.717, 1.165) is 29.5 Å². The largest absolute Gasteiger partial charge is 0.416 e. The van der Waals surface area contributed by atoms with Gasteiger partial charge < -0.3 is 11.1 Å². The van der Waals surface area contributed by atoms with E-state index in [-0.39, 0.29) is 20.7 Å². The third-order valence-electron chi connectivity index (χ3n) is 2.56. The molecule has 0 spiro atoms. The molecule has 0 atom stereocenters. The molecule has 4 nitrogen and oxygen atoms in total. The molecule has 0 saturated carbocycles. The summed E-state index contributed by atoms with van der Waals surface area (Å²) >= 11 is 6.75. The van der Waals surface area contributed by atoms with Crippen LogP contribution in [-0.4, -0.2) is 10.9 Å². The van der Waals surface area contributed by atoms with Crippen LogP contribution in [0.15, 0.2) is 18.2 Å². The Morgan fingerprint density at radius 2 is 2.10 bits per heavy atom. The van der Waals surface area contributed by atoms with Crippen molar-refractivity contribution >= 4 is 39.7 Å². The van der Waals surface area contributed by atoms with Crippen molar-refractivity contribution in [2.75, 3.05) is 11.1 Å². The maximum Gasteiger partial charge on any atom is 0.416 e. The number of anilines is 2. The summed E-state index contributed by atoms with van der Waals surface area (Å²) in [7, 11) is 0. The quantitative estimate of drug-likeness (QED) is 0.873. The monoisotopic (exact) mass is 335 g/mol. The first-order chi connectivity index (χ1) is 9.68. The third kappa shape index (κ3) is 3.45. The van der Waals surface area contributed by atoms with Gasteiger partial charge >= 0.3 is 6.18 Å². The van der Waals surface area contributed by atoms with E-state index in [1.54, 1.807) is 6.92 Å². The molecule has 0 radical (unpaired) electrons. The SMILES string of the molecule is Cc1nc(N)sc1C(=O)Nc1ccc(C(F)(F)F)cc1Cl. The molecule has 21 heavy (non-hydrogen) atoms.